The van der Waals surface area contributed by atoms with Crippen molar-refractivity contribution in [3.8, 4) is 0 Å². The van der Waals surface area contributed by atoms with Crippen LogP contribution in [0.4, 0.5) is 0 Å². The lowest BCUT2D eigenvalue weighted by Crippen LogP contribution is -2.51. The van der Waals surface area contributed by atoms with Crippen LogP contribution in [0, 0.1) is 11.3 Å². The van der Waals surface area contributed by atoms with Gasteiger partial charge < -0.3 is 5.32 Å². The molecule has 1 fully saturated rings. The quantitative estimate of drug-likeness (QED) is 0.778. The highest BCUT2D eigenvalue weighted by Gasteiger charge is 2.29. The highest BCUT2D eigenvalue weighted by atomic mass is 32.2. The molecule has 0 aliphatic heterocycles. The summed E-state index contributed by atoms with van der Waals surface area (Å²) < 4.78 is 14.4. The first kappa shape index (κ1) is 19.1. The van der Waals surface area contributed by atoms with Crippen LogP contribution >= 0.6 is 0 Å². The summed E-state index contributed by atoms with van der Waals surface area (Å²) in [5, 5.41) is 3.67. The van der Waals surface area contributed by atoms with E-state index in [0.29, 0.717) is 12.1 Å². The van der Waals surface area contributed by atoms with Gasteiger partial charge in [0.05, 0.1) is 11.0 Å². The van der Waals surface area contributed by atoms with E-state index in [9.17, 15) is 4.21 Å². The first-order valence-corrected chi connectivity index (χ1v) is 10.1. The van der Waals surface area contributed by atoms with Crippen molar-refractivity contribution < 1.29 is 4.21 Å². The largest absolute Gasteiger partial charge is 0.310 e. The van der Waals surface area contributed by atoms with Crippen molar-refractivity contribution >= 4 is 11.0 Å². The van der Waals surface area contributed by atoms with Gasteiger partial charge in [-0.25, -0.2) is 8.51 Å². The summed E-state index contributed by atoms with van der Waals surface area (Å²) >= 11 is 0. The molecule has 0 spiro atoms. The van der Waals surface area contributed by atoms with Crippen molar-refractivity contribution in [1.82, 2.24) is 9.62 Å². The lowest BCUT2D eigenvalue weighted by molar-refractivity contribution is 0.198. The van der Waals surface area contributed by atoms with Crippen molar-refractivity contribution in [3.63, 3.8) is 0 Å². The first-order chi connectivity index (χ1) is 9.70. The van der Waals surface area contributed by atoms with Gasteiger partial charge >= 0.3 is 0 Å². The van der Waals surface area contributed by atoms with Gasteiger partial charge in [0.25, 0.3) is 0 Å². The molecule has 1 aliphatic carbocycles. The summed E-state index contributed by atoms with van der Waals surface area (Å²) in [5.41, 5.74) is 0.175. The molecule has 1 saturated carbocycles. The van der Waals surface area contributed by atoms with Crippen molar-refractivity contribution in [1.29, 1.82) is 0 Å². The van der Waals surface area contributed by atoms with Crippen LogP contribution in [0.25, 0.3) is 0 Å². The molecule has 0 amide bonds. The Morgan fingerprint density at radius 1 is 1.19 bits per heavy atom. The summed E-state index contributed by atoms with van der Waals surface area (Å²) in [6.07, 6.45) is 8.53. The van der Waals surface area contributed by atoms with E-state index in [2.05, 4.69) is 44.2 Å². The lowest BCUT2D eigenvalue weighted by Gasteiger charge is -2.37. The fourth-order valence-electron chi connectivity index (χ4n) is 3.12. The predicted molar refractivity (Wildman–Crippen MR) is 93.7 cm³/mol. The van der Waals surface area contributed by atoms with Gasteiger partial charge in [-0.15, -0.1) is 0 Å². The van der Waals surface area contributed by atoms with Gasteiger partial charge in [-0.05, 0) is 24.2 Å². The average Bonchev–Trinajstić information content (AvgIpc) is 2.36. The molecule has 1 unspecified atom stereocenters. The number of hydrogen-bond donors (Lipinski definition) is 1. The van der Waals surface area contributed by atoms with E-state index in [1.54, 1.807) is 0 Å². The molecule has 21 heavy (non-hydrogen) atoms. The monoisotopic (exact) mass is 316 g/mol. The minimum atomic E-state index is -0.882. The van der Waals surface area contributed by atoms with Crippen LogP contribution in [0.1, 0.15) is 66.7 Å². The van der Waals surface area contributed by atoms with Crippen molar-refractivity contribution in [2.45, 2.75) is 78.8 Å². The standard InChI is InChI=1S/C17H36N2OS/c1-14(2)18-16(17(3,4)5)13-19(21(6)20)12-15-10-8-7-9-11-15/h14-16,18H,7-13H2,1-6H3/t16-,21?/m1/s1. The minimum Gasteiger partial charge on any atom is -0.310 e. The van der Waals surface area contributed by atoms with Crippen LogP contribution in [0.15, 0.2) is 0 Å². The second kappa shape index (κ2) is 8.64. The maximum absolute atomic E-state index is 12.2. The SMILES string of the molecule is CC(C)N[C@H](CN(CC1CCCCC1)S(C)=O)C(C)(C)C. The second-order valence-electron chi connectivity index (χ2n) is 8.01. The molecular weight excluding hydrogens is 280 g/mol. The summed E-state index contributed by atoms with van der Waals surface area (Å²) in [6.45, 7) is 13.1. The smallest absolute Gasteiger partial charge is 0.0911 e. The van der Waals surface area contributed by atoms with Gasteiger partial charge in [0, 0.05) is 31.4 Å². The van der Waals surface area contributed by atoms with Crippen molar-refractivity contribution in [2.75, 3.05) is 19.3 Å². The van der Waals surface area contributed by atoms with Gasteiger partial charge in [0.2, 0.25) is 0 Å². The number of hydrogen-bond acceptors (Lipinski definition) is 2. The number of rotatable bonds is 7. The lowest BCUT2D eigenvalue weighted by atomic mass is 9.85. The summed E-state index contributed by atoms with van der Waals surface area (Å²) in [6, 6.07) is 0.820. The molecule has 0 radical (unpaired) electrons. The Morgan fingerprint density at radius 2 is 1.76 bits per heavy atom. The van der Waals surface area contributed by atoms with E-state index in [0.717, 1.165) is 19.0 Å². The Morgan fingerprint density at radius 3 is 2.19 bits per heavy atom. The molecule has 1 N–H and O–H groups in total. The van der Waals surface area contributed by atoms with E-state index in [4.69, 9.17) is 0 Å². The number of nitrogens with one attached hydrogen (secondary N) is 1. The summed E-state index contributed by atoms with van der Waals surface area (Å²) in [4.78, 5) is 0. The minimum absolute atomic E-state index is 0.175. The Hall–Kier alpha value is 0.0700. The van der Waals surface area contributed by atoms with Crippen molar-refractivity contribution in [2.24, 2.45) is 11.3 Å². The van der Waals surface area contributed by atoms with E-state index in [1.807, 2.05) is 6.26 Å². The van der Waals surface area contributed by atoms with Gasteiger partial charge in [0.1, 0.15) is 0 Å². The zero-order chi connectivity index (χ0) is 16.0. The van der Waals surface area contributed by atoms with E-state index in [-0.39, 0.29) is 5.41 Å². The predicted octanol–water partition coefficient (Wildman–Crippen LogP) is 3.57. The second-order valence-corrected chi connectivity index (χ2v) is 9.38. The molecule has 1 rings (SSSR count). The summed E-state index contributed by atoms with van der Waals surface area (Å²) in [5.74, 6) is 0.738. The zero-order valence-corrected chi connectivity index (χ0v) is 15.8. The molecular formula is C17H36N2OS. The molecule has 0 aromatic carbocycles. The van der Waals surface area contributed by atoms with Crippen LogP contribution < -0.4 is 5.32 Å². The maximum Gasteiger partial charge on any atom is 0.0911 e. The van der Waals surface area contributed by atoms with Gasteiger partial charge in [-0.1, -0.05) is 53.9 Å². The molecule has 1 aliphatic rings. The van der Waals surface area contributed by atoms with Crippen LogP contribution in [-0.4, -0.2) is 39.9 Å². The molecule has 4 heteroatoms. The Bertz CT molecular complexity index is 319. The normalized spacial score (nSPS) is 21.0. The third-order valence-electron chi connectivity index (χ3n) is 4.52. The number of nitrogens with zero attached hydrogens (tertiary/aromatic N) is 1. The van der Waals surface area contributed by atoms with Gasteiger partial charge in [0.15, 0.2) is 0 Å². The molecule has 0 bridgehead atoms. The molecule has 126 valence electrons. The van der Waals surface area contributed by atoms with Gasteiger partial charge in [-0.2, -0.15) is 0 Å². The van der Waals surface area contributed by atoms with Crippen LogP contribution in [-0.2, 0) is 11.0 Å². The Kier molecular flexibility index (Phi) is 7.86. The summed E-state index contributed by atoms with van der Waals surface area (Å²) in [7, 11) is -0.882. The average molecular weight is 317 g/mol. The van der Waals surface area contributed by atoms with Gasteiger partial charge in [-0.3, -0.25) is 0 Å². The van der Waals surface area contributed by atoms with Crippen LogP contribution in [0.2, 0.25) is 0 Å². The van der Waals surface area contributed by atoms with E-state index >= 15 is 0 Å². The molecule has 3 nitrogen and oxygen atoms in total. The third kappa shape index (κ3) is 7.25. The molecule has 0 saturated heterocycles. The molecule has 0 heterocycles. The van der Waals surface area contributed by atoms with E-state index < -0.39 is 11.0 Å². The zero-order valence-electron chi connectivity index (χ0n) is 14.9. The van der Waals surface area contributed by atoms with Crippen LogP contribution in [0.3, 0.4) is 0 Å². The fraction of sp³-hybridized carbons (Fsp3) is 1.00. The molecule has 0 aromatic heterocycles. The molecule has 2 atom stereocenters. The van der Waals surface area contributed by atoms with Crippen molar-refractivity contribution in [3.05, 3.63) is 0 Å². The topological polar surface area (TPSA) is 32.3 Å². The third-order valence-corrected chi connectivity index (χ3v) is 5.54. The highest BCUT2D eigenvalue weighted by molar-refractivity contribution is 7.81. The first-order valence-electron chi connectivity index (χ1n) is 8.54. The van der Waals surface area contributed by atoms with Crippen LogP contribution in [0.5, 0.6) is 0 Å². The molecule has 0 aromatic rings. The fourth-order valence-corrected chi connectivity index (χ4v) is 3.90. The Balaban J connectivity index is 2.67. The van der Waals surface area contributed by atoms with E-state index in [1.165, 1.54) is 32.1 Å². The highest BCUT2D eigenvalue weighted by Crippen LogP contribution is 2.26. The Labute approximate surface area is 134 Å². The maximum atomic E-state index is 12.2.